The third-order valence-corrected chi connectivity index (χ3v) is 3.00. The minimum Gasteiger partial charge on any atom is -0.385 e. The van der Waals surface area contributed by atoms with Gasteiger partial charge in [0.05, 0.1) is 17.9 Å². The van der Waals surface area contributed by atoms with Crippen LogP contribution in [0.3, 0.4) is 0 Å². The number of hydrogen-bond acceptors (Lipinski definition) is 3. The summed E-state index contributed by atoms with van der Waals surface area (Å²) in [6, 6.07) is 4.54. The number of amides is 1. The van der Waals surface area contributed by atoms with Gasteiger partial charge in [-0.1, -0.05) is 6.07 Å². The van der Waals surface area contributed by atoms with Crippen LogP contribution in [0.5, 0.6) is 0 Å². The molecule has 0 atom stereocenters. The first-order chi connectivity index (χ1) is 8.74. The number of halogens is 1. The lowest BCUT2D eigenvalue weighted by Crippen LogP contribution is -2.33. The maximum atomic E-state index is 13.6. The van der Waals surface area contributed by atoms with Crippen LogP contribution < -0.4 is 5.32 Å². The molecule has 0 spiro atoms. The Bertz CT molecular complexity index is 429. The van der Waals surface area contributed by atoms with Crippen molar-refractivity contribution in [1.29, 1.82) is 0 Å². The number of anilines is 1. The highest BCUT2D eigenvalue weighted by Crippen LogP contribution is 2.21. The highest BCUT2D eigenvalue weighted by atomic mass is 19.1. The van der Waals surface area contributed by atoms with Gasteiger partial charge in [-0.3, -0.25) is 4.79 Å². The predicted octanol–water partition coefficient (Wildman–Crippen LogP) is 1.73. The van der Waals surface area contributed by atoms with Crippen molar-refractivity contribution < 1.29 is 13.9 Å². The van der Waals surface area contributed by atoms with Crippen molar-refractivity contribution in [2.75, 3.05) is 38.7 Å². The van der Waals surface area contributed by atoms with E-state index in [9.17, 15) is 9.18 Å². The third kappa shape index (κ3) is 2.61. The number of para-hydroxylation sites is 1. The number of nitrogens with zero attached hydrogens (tertiary/aromatic N) is 1. The molecule has 4 nitrogen and oxygen atoms in total. The monoisotopic (exact) mass is 252 g/mol. The van der Waals surface area contributed by atoms with E-state index in [-0.39, 0.29) is 11.6 Å². The number of ether oxygens (including phenoxy) is 1. The number of nitrogens with one attached hydrogen (secondary N) is 1. The van der Waals surface area contributed by atoms with Gasteiger partial charge >= 0.3 is 0 Å². The minimum atomic E-state index is -0.408. The van der Waals surface area contributed by atoms with E-state index in [1.165, 1.54) is 6.07 Å². The van der Waals surface area contributed by atoms with Crippen LogP contribution in [-0.2, 0) is 4.74 Å². The van der Waals surface area contributed by atoms with Gasteiger partial charge in [-0.05, 0) is 18.6 Å². The van der Waals surface area contributed by atoms with Crippen molar-refractivity contribution in [3.05, 3.63) is 29.6 Å². The second-order valence-electron chi connectivity index (χ2n) is 4.17. The predicted molar refractivity (Wildman–Crippen MR) is 67.3 cm³/mol. The summed E-state index contributed by atoms with van der Waals surface area (Å²) in [7, 11) is 1.61. The smallest absolute Gasteiger partial charge is 0.256 e. The molecule has 98 valence electrons. The highest BCUT2D eigenvalue weighted by Gasteiger charge is 2.21. The molecule has 1 fully saturated rings. The van der Waals surface area contributed by atoms with E-state index >= 15 is 0 Å². The highest BCUT2D eigenvalue weighted by molar-refractivity contribution is 5.99. The fraction of sp³-hybridized carbons (Fsp3) is 0.462. The molecule has 0 aromatic heterocycles. The molecule has 1 aliphatic rings. The molecule has 1 amide bonds. The second kappa shape index (κ2) is 5.82. The molecule has 1 N–H and O–H groups in total. The van der Waals surface area contributed by atoms with Crippen LogP contribution in [0.4, 0.5) is 10.1 Å². The van der Waals surface area contributed by atoms with Gasteiger partial charge in [0.15, 0.2) is 0 Å². The molecule has 0 saturated carbocycles. The number of hydrogen-bond donors (Lipinski definition) is 1. The summed E-state index contributed by atoms with van der Waals surface area (Å²) in [4.78, 5) is 14.1. The van der Waals surface area contributed by atoms with Gasteiger partial charge in [0.25, 0.3) is 5.91 Å². The van der Waals surface area contributed by atoms with Crippen molar-refractivity contribution in [3.8, 4) is 0 Å². The largest absolute Gasteiger partial charge is 0.385 e. The molecule has 0 unspecified atom stereocenters. The van der Waals surface area contributed by atoms with Crippen LogP contribution in [0.1, 0.15) is 16.8 Å². The van der Waals surface area contributed by atoms with E-state index in [1.807, 2.05) is 0 Å². The fourth-order valence-corrected chi connectivity index (χ4v) is 2.08. The van der Waals surface area contributed by atoms with Crippen molar-refractivity contribution in [2.45, 2.75) is 6.42 Å². The van der Waals surface area contributed by atoms with Crippen molar-refractivity contribution in [3.63, 3.8) is 0 Å². The van der Waals surface area contributed by atoms with Gasteiger partial charge in [-0.15, -0.1) is 0 Å². The zero-order valence-corrected chi connectivity index (χ0v) is 10.4. The number of carbonyl (C=O) groups excluding carboxylic acids is 1. The SMILES string of the molecule is CNc1c(F)cccc1C(=O)N1CCCOCC1. The number of benzene rings is 1. The quantitative estimate of drug-likeness (QED) is 0.871. The summed E-state index contributed by atoms with van der Waals surface area (Å²) in [5.74, 6) is -0.557. The zero-order valence-electron chi connectivity index (χ0n) is 10.4. The standard InChI is InChI=1S/C13H17FN2O2/c1-15-12-10(4-2-5-11(12)14)13(17)16-6-3-8-18-9-7-16/h2,4-5,15H,3,6-9H2,1H3. The van der Waals surface area contributed by atoms with E-state index in [2.05, 4.69) is 5.32 Å². The van der Waals surface area contributed by atoms with Crippen molar-refractivity contribution in [1.82, 2.24) is 4.90 Å². The van der Waals surface area contributed by atoms with E-state index in [0.717, 1.165) is 6.42 Å². The Morgan fingerprint density at radius 2 is 2.22 bits per heavy atom. The minimum absolute atomic E-state index is 0.149. The van der Waals surface area contributed by atoms with Crippen LogP contribution in [-0.4, -0.2) is 44.2 Å². The van der Waals surface area contributed by atoms with Crippen LogP contribution in [0.25, 0.3) is 0 Å². The van der Waals surface area contributed by atoms with Gasteiger partial charge in [0.1, 0.15) is 5.82 Å². The maximum Gasteiger partial charge on any atom is 0.256 e. The van der Waals surface area contributed by atoms with Gasteiger partial charge in [0, 0.05) is 26.7 Å². The maximum absolute atomic E-state index is 13.6. The second-order valence-corrected chi connectivity index (χ2v) is 4.17. The Balaban J connectivity index is 2.24. The Kier molecular flexibility index (Phi) is 4.15. The summed E-state index contributed by atoms with van der Waals surface area (Å²) in [6.07, 6.45) is 0.815. The molecule has 1 saturated heterocycles. The molecule has 0 radical (unpaired) electrons. The van der Waals surface area contributed by atoms with Crippen molar-refractivity contribution >= 4 is 11.6 Å². The number of rotatable bonds is 2. The van der Waals surface area contributed by atoms with E-state index in [4.69, 9.17) is 4.74 Å². The van der Waals surface area contributed by atoms with Crippen LogP contribution in [0, 0.1) is 5.82 Å². The van der Waals surface area contributed by atoms with Gasteiger partial charge < -0.3 is 15.0 Å². The first-order valence-corrected chi connectivity index (χ1v) is 6.07. The van der Waals surface area contributed by atoms with E-state index in [0.29, 0.717) is 31.9 Å². The lowest BCUT2D eigenvalue weighted by molar-refractivity contribution is 0.0742. The molecule has 2 rings (SSSR count). The Hall–Kier alpha value is -1.62. The summed E-state index contributed by atoms with van der Waals surface area (Å²) in [6.45, 7) is 2.42. The molecule has 0 bridgehead atoms. The first kappa shape index (κ1) is 12.8. The Morgan fingerprint density at radius 1 is 1.39 bits per heavy atom. The summed E-state index contributed by atoms with van der Waals surface area (Å²) in [5.41, 5.74) is 0.632. The molecular weight excluding hydrogens is 235 g/mol. The van der Waals surface area contributed by atoms with E-state index < -0.39 is 5.82 Å². The van der Waals surface area contributed by atoms with Crippen LogP contribution >= 0.6 is 0 Å². The zero-order chi connectivity index (χ0) is 13.0. The van der Waals surface area contributed by atoms with Crippen LogP contribution in [0.15, 0.2) is 18.2 Å². The van der Waals surface area contributed by atoms with E-state index in [1.54, 1.807) is 24.1 Å². The normalized spacial score (nSPS) is 16.2. The summed E-state index contributed by atoms with van der Waals surface area (Å²) >= 11 is 0. The molecule has 1 aromatic carbocycles. The third-order valence-electron chi connectivity index (χ3n) is 3.00. The Morgan fingerprint density at radius 3 is 3.00 bits per heavy atom. The molecule has 1 heterocycles. The lowest BCUT2D eigenvalue weighted by atomic mass is 10.1. The molecule has 1 aliphatic heterocycles. The fourth-order valence-electron chi connectivity index (χ4n) is 2.08. The van der Waals surface area contributed by atoms with Gasteiger partial charge in [-0.2, -0.15) is 0 Å². The van der Waals surface area contributed by atoms with Gasteiger partial charge in [0.2, 0.25) is 0 Å². The van der Waals surface area contributed by atoms with Crippen LogP contribution in [0.2, 0.25) is 0 Å². The molecule has 18 heavy (non-hydrogen) atoms. The molecule has 0 aliphatic carbocycles. The van der Waals surface area contributed by atoms with Gasteiger partial charge in [-0.25, -0.2) is 4.39 Å². The summed E-state index contributed by atoms with van der Waals surface area (Å²) in [5, 5.41) is 2.75. The average molecular weight is 252 g/mol. The molecule has 5 heteroatoms. The topological polar surface area (TPSA) is 41.6 Å². The Labute approximate surface area is 106 Å². The molecular formula is C13H17FN2O2. The number of carbonyl (C=O) groups is 1. The lowest BCUT2D eigenvalue weighted by Gasteiger charge is -2.21. The first-order valence-electron chi connectivity index (χ1n) is 6.07. The average Bonchev–Trinajstić information content (AvgIpc) is 2.66. The summed E-state index contributed by atoms with van der Waals surface area (Å²) < 4.78 is 18.9. The molecule has 1 aromatic rings. The van der Waals surface area contributed by atoms with Crippen molar-refractivity contribution in [2.24, 2.45) is 0 Å².